The number of rotatable bonds is 6. The van der Waals surface area contributed by atoms with Gasteiger partial charge in [-0.2, -0.15) is 0 Å². The van der Waals surface area contributed by atoms with Gasteiger partial charge in [0.25, 0.3) is 0 Å². The quantitative estimate of drug-likeness (QED) is 0.765. The van der Waals surface area contributed by atoms with E-state index in [0.29, 0.717) is 12.5 Å². The van der Waals surface area contributed by atoms with E-state index in [1.165, 1.54) is 10.5 Å². The minimum Gasteiger partial charge on any atom is -0.329 e. The molecule has 3 heteroatoms. The molecule has 0 fully saturated rings. The van der Waals surface area contributed by atoms with Gasteiger partial charge in [-0.1, -0.05) is 32.0 Å². The summed E-state index contributed by atoms with van der Waals surface area (Å²) in [6, 6.07) is 8.51. The summed E-state index contributed by atoms with van der Waals surface area (Å²) in [6.07, 6.45) is 2.11. The van der Waals surface area contributed by atoms with Crippen LogP contribution in [-0.2, 0) is 6.54 Å². The molecule has 2 nitrogen and oxygen atoms in total. The fraction of sp³-hybridized carbons (Fsp3) is 0.571. The van der Waals surface area contributed by atoms with E-state index in [2.05, 4.69) is 56.6 Å². The van der Waals surface area contributed by atoms with E-state index < -0.39 is 0 Å². The Bertz CT molecular complexity index is 352. The van der Waals surface area contributed by atoms with Crippen LogP contribution in [-0.4, -0.2) is 18.3 Å². The van der Waals surface area contributed by atoms with Crippen LogP contribution in [0.1, 0.15) is 26.3 Å². The van der Waals surface area contributed by atoms with Crippen LogP contribution in [0.5, 0.6) is 0 Å². The highest BCUT2D eigenvalue weighted by Gasteiger charge is 2.25. The number of nitrogens with one attached hydrogen (secondary N) is 1. The molecule has 1 unspecified atom stereocenters. The minimum atomic E-state index is 0.00548. The van der Waals surface area contributed by atoms with E-state index in [1.807, 2.05) is 0 Å². The third kappa shape index (κ3) is 3.73. The summed E-state index contributed by atoms with van der Waals surface area (Å²) in [7, 11) is 0. The van der Waals surface area contributed by atoms with Gasteiger partial charge in [0.05, 0.1) is 0 Å². The molecule has 17 heavy (non-hydrogen) atoms. The van der Waals surface area contributed by atoms with Crippen LogP contribution in [0.3, 0.4) is 0 Å². The third-order valence-corrected chi connectivity index (χ3v) is 4.41. The van der Waals surface area contributed by atoms with E-state index in [4.69, 9.17) is 5.73 Å². The van der Waals surface area contributed by atoms with Crippen molar-refractivity contribution in [1.29, 1.82) is 0 Å². The van der Waals surface area contributed by atoms with Crippen LogP contribution in [0.15, 0.2) is 29.2 Å². The number of hydrogen-bond acceptors (Lipinski definition) is 3. The standard InChI is InChI=1S/C14H24N2S/c1-11(2)14(3,10-15)16-9-12-7-5-6-8-13(12)17-4/h5-8,11,16H,9-10,15H2,1-4H3. The normalized spacial score (nSPS) is 14.9. The van der Waals surface area contributed by atoms with Crippen molar-refractivity contribution in [2.75, 3.05) is 12.8 Å². The second-order valence-electron chi connectivity index (χ2n) is 4.94. The lowest BCUT2D eigenvalue weighted by Crippen LogP contribution is -2.52. The Balaban J connectivity index is 2.72. The van der Waals surface area contributed by atoms with Gasteiger partial charge in [0.1, 0.15) is 0 Å². The number of benzene rings is 1. The van der Waals surface area contributed by atoms with Crippen LogP contribution in [0, 0.1) is 5.92 Å². The monoisotopic (exact) mass is 252 g/mol. The van der Waals surface area contributed by atoms with E-state index >= 15 is 0 Å². The lowest BCUT2D eigenvalue weighted by molar-refractivity contribution is 0.266. The van der Waals surface area contributed by atoms with Crippen molar-refractivity contribution in [3.05, 3.63) is 29.8 Å². The van der Waals surface area contributed by atoms with Crippen LogP contribution in [0.2, 0.25) is 0 Å². The smallest absolute Gasteiger partial charge is 0.0301 e. The molecule has 0 amide bonds. The van der Waals surface area contributed by atoms with Crippen LogP contribution >= 0.6 is 11.8 Å². The van der Waals surface area contributed by atoms with Crippen LogP contribution in [0.4, 0.5) is 0 Å². The van der Waals surface area contributed by atoms with Crippen molar-refractivity contribution in [2.24, 2.45) is 11.7 Å². The summed E-state index contributed by atoms with van der Waals surface area (Å²) < 4.78 is 0. The van der Waals surface area contributed by atoms with Crippen molar-refractivity contribution < 1.29 is 0 Å². The van der Waals surface area contributed by atoms with Gasteiger partial charge >= 0.3 is 0 Å². The molecule has 96 valence electrons. The van der Waals surface area contributed by atoms with E-state index in [9.17, 15) is 0 Å². The first kappa shape index (κ1) is 14.6. The Morgan fingerprint density at radius 1 is 1.35 bits per heavy atom. The van der Waals surface area contributed by atoms with Crippen molar-refractivity contribution in [2.45, 2.75) is 37.8 Å². The molecule has 0 radical (unpaired) electrons. The second-order valence-corrected chi connectivity index (χ2v) is 5.79. The third-order valence-electron chi connectivity index (χ3n) is 3.57. The number of nitrogens with two attached hydrogens (primary N) is 1. The van der Waals surface area contributed by atoms with Gasteiger partial charge in [-0.3, -0.25) is 0 Å². The first-order chi connectivity index (χ1) is 8.03. The lowest BCUT2D eigenvalue weighted by atomic mass is 9.88. The number of thioether (sulfide) groups is 1. The fourth-order valence-electron chi connectivity index (χ4n) is 1.66. The SMILES string of the molecule is CSc1ccccc1CNC(C)(CN)C(C)C. The van der Waals surface area contributed by atoms with Gasteiger partial charge in [-0.15, -0.1) is 11.8 Å². The van der Waals surface area contributed by atoms with E-state index in [0.717, 1.165) is 6.54 Å². The second kappa shape index (κ2) is 6.43. The van der Waals surface area contributed by atoms with Gasteiger partial charge in [-0.05, 0) is 30.7 Å². The van der Waals surface area contributed by atoms with Gasteiger partial charge in [0.15, 0.2) is 0 Å². The highest BCUT2D eigenvalue weighted by Crippen LogP contribution is 2.21. The van der Waals surface area contributed by atoms with Crippen LogP contribution < -0.4 is 11.1 Å². The molecular formula is C14H24N2S. The minimum absolute atomic E-state index is 0.00548. The molecule has 0 saturated carbocycles. The molecule has 0 aliphatic carbocycles. The van der Waals surface area contributed by atoms with E-state index in [1.54, 1.807) is 11.8 Å². The maximum atomic E-state index is 5.87. The highest BCUT2D eigenvalue weighted by atomic mass is 32.2. The summed E-state index contributed by atoms with van der Waals surface area (Å²) in [5, 5.41) is 3.60. The molecule has 1 aromatic carbocycles. The fourth-order valence-corrected chi connectivity index (χ4v) is 2.28. The van der Waals surface area contributed by atoms with Crippen molar-refractivity contribution in [3.63, 3.8) is 0 Å². The van der Waals surface area contributed by atoms with Crippen molar-refractivity contribution in [1.82, 2.24) is 5.32 Å². The summed E-state index contributed by atoms with van der Waals surface area (Å²) in [5.74, 6) is 0.522. The molecule has 0 aliphatic rings. The molecule has 1 atom stereocenters. The summed E-state index contributed by atoms with van der Waals surface area (Å²) in [6.45, 7) is 8.15. The zero-order valence-corrected chi connectivity index (χ0v) is 12.1. The summed E-state index contributed by atoms with van der Waals surface area (Å²) in [4.78, 5) is 1.34. The number of hydrogen-bond donors (Lipinski definition) is 2. The molecule has 0 saturated heterocycles. The topological polar surface area (TPSA) is 38.0 Å². The molecule has 0 bridgehead atoms. The Kier molecular flexibility index (Phi) is 5.50. The van der Waals surface area contributed by atoms with Gasteiger partial charge < -0.3 is 11.1 Å². The maximum absolute atomic E-state index is 5.87. The predicted octanol–water partition coefficient (Wildman–Crippen LogP) is 2.87. The molecule has 3 N–H and O–H groups in total. The van der Waals surface area contributed by atoms with Crippen LogP contribution in [0.25, 0.3) is 0 Å². The largest absolute Gasteiger partial charge is 0.329 e. The first-order valence-corrected chi connectivity index (χ1v) is 7.33. The van der Waals surface area contributed by atoms with Crippen molar-refractivity contribution in [3.8, 4) is 0 Å². The molecule has 1 aromatic rings. The first-order valence-electron chi connectivity index (χ1n) is 6.10. The average molecular weight is 252 g/mol. The molecule has 0 heterocycles. The van der Waals surface area contributed by atoms with Gasteiger partial charge in [0.2, 0.25) is 0 Å². The lowest BCUT2D eigenvalue weighted by Gasteiger charge is -2.34. The molecule has 0 aromatic heterocycles. The molecule has 1 rings (SSSR count). The van der Waals surface area contributed by atoms with E-state index in [-0.39, 0.29) is 5.54 Å². The zero-order valence-electron chi connectivity index (χ0n) is 11.3. The Morgan fingerprint density at radius 2 is 2.00 bits per heavy atom. The Labute approximate surface area is 109 Å². The summed E-state index contributed by atoms with van der Waals surface area (Å²) >= 11 is 1.79. The molecule has 0 aliphatic heterocycles. The zero-order chi connectivity index (χ0) is 12.9. The Morgan fingerprint density at radius 3 is 2.53 bits per heavy atom. The maximum Gasteiger partial charge on any atom is 0.0301 e. The van der Waals surface area contributed by atoms with Gasteiger partial charge in [-0.25, -0.2) is 0 Å². The average Bonchev–Trinajstić information content (AvgIpc) is 2.36. The Hall–Kier alpha value is -0.510. The molecular weight excluding hydrogens is 228 g/mol. The van der Waals surface area contributed by atoms with Gasteiger partial charge in [0, 0.05) is 23.5 Å². The highest BCUT2D eigenvalue weighted by molar-refractivity contribution is 7.98. The molecule has 0 spiro atoms. The summed E-state index contributed by atoms with van der Waals surface area (Å²) in [5.41, 5.74) is 7.23. The van der Waals surface area contributed by atoms with Crippen molar-refractivity contribution >= 4 is 11.8 Å². The predicted molar refractivity (Wildman–Crippen MR) is 77.4 cm³/mol.